The number of hydrogen-bond acceptors (Lipinski definition) is 7. The van der Waals surface area contributed by atoms with Crippen LogP contribution in [-0.2, 0) is 22.5 Å². The van der Waals surface area contributed by atoms with E-state index in [1.54, 1.807) is 18.2 Å². The molecule has 2 atom stereocenters. The number of rotatable bonds is 10. The molecule has 0 fully saturated rings. The molecule has 9 nitrogen and oxygen atoms in total. The minimum absolute atomic E-state index is 0.0372. The zero-order valence-corrected chi connectivity index (χ0v) is 20.6. The largest absolute Gasteiger partial charge is 0.475 e. The molecule has 3 aromatic rings. The van der Waals surface area contributed by atoms with Gasteiger partial charge >= 0.3 is 7.12 Å². The van der Waals surface area contributed by atoms with Crippen molar-refractivity contribution in [2.45, 2.75) is 30.8 Å². The van der Waals surface area contributed by atoms with E-state index in [1.165, 1.54) is 6.07 Å². The van der Waals surface area contributed by atoms with E-state index in [0.29, 0.717) is 16.8 Å². The van der Waals surface area contributed by atoms with Gasteiger partial charge in [0, 0.05) is 18.4 Å². The molecule has 0 radical (unpaired) electrons. The lowest BCUT2D eigenvalue weighted by Crippen LogP contribution is -2.56. The van der Waals surface area contributed by atoms with E-state index in [4.69, 9.17) is 10.1 Å². The molecule has 1 unspecified atom stereocenters. The third-order valence-corrected chi connectivity index (χ3v) is 6.27. The van der Waals surface area contributed by atoms with Crippen molar-refractivity contribution in [3.05, 3.63) is 107 Å². The summed E-state index contributed by atoms with van der Waals surface area (Å²) in [5.74, 6) is -1.90. The molecule has 2 amide bonds. The first-order valence-electron chi connectivity index (χ1n) is 12.2. The quantitative estimate of drug-likeness (QED) is 0.306. The minimum Gasteiger partial charge on any atom is -0.426 e. The summed E-state index contributed by atoms with van der Waals surface area (Å²) in [6.45, 7) is 0.0372. The minimum atomic E-state index is -1.79. The summed E-state index contributed by atoms with van der Waals surface area (Å²) in [5, 5.41) is 38.6. The third-order valence-electron chi connectivity index (χ3n) is 6.27. The van der Waals surface area contributed by atoms with Gasteiger partial charge in [-0.1, -0.05) is 71.9 Å². The first-order chi connectivity index (χ1) is 18.4. The summed E-state index contributed by atoms with van der Waals surface area (Å²) < 4.78 is 0. The maximum atomic E-state index is 13.6. The van der Waals surface area contributed by atoms with Crippen molar-refractivity contribution in [2.75, 3.05) is 6.54 Å². The van der Waals surface area contributed by atoms with Crippen molar-refractivity contribution in [1.82, 2.24) is 10.6 Å². The second-order valence-corrected chi connectivity index (χ2v) is 9.14. The fraction of sp³-hybridized carbons (Fsp3) is 0.214. The van der Waals surface area contributed by atoms with Crippen molar-refractivity contribution >= 4 is 24.6 Å². The fourth-order valence-electron chi connectivity index (χ4n) is 4.28. The van der Waals surface area contributed by atoms with Crippen LogP contribution < -0.4 is 10.6 Å². The number of nitrogens with one attached hydrogen (secondary N) is 2. The Morgan fingerprint density at radius 2 is 1.71 bits per heavy atom. The summed E-state index contributed by atoms with van der Waals surface area (Å²) in [7, 11) is -1.79. The summed E-state index contributed by atoms with van der Waals surface area (Å²) in [6, 6.07) is 26.8. The average Bonchev–Trinajstić information content (AvgIpc) is 3.36. The number of amides is 2. The Balaban J connectivity index is 1.47. The molecule has 0 aromatic heterocycles. The molecular formula is C28H27BN4O5. The first kappa shape index (κ1) is 26.6. The normalized spacial score (nSPS) is 16.9. The van der Waals surface area contributed by atoms with Gasteiger partial charge in [0.05, 0.1) is 29.8 Å². The lowest BCUT2D eigenvalue weighted by atomic mass is 9.75. The average molecular weight is 510 g/mol. The summed E-state index contributed by atoms with van der Waals surface area (Å²) >= 11 is 0. The number of hydrogen-bond donors (Lipinski definition) is 4. The van der Waals surface area contributed by atoms with Crippen LogP contribution in [0.4, 0.5) is 0 Å². The van der Waals surface area contributed by atoms with Gasteiger partial charge in [0.2, 0.25) is 5.60 Å². The number of oxime groups is 1. The van der Waals surface area contributed by atoms with Crippen LogP contribution in [0, 0.1) is 11.3 Å². The number of carbonyl (C=O) groups excluding carboxylic acids is 2. The van der Waals surface area contributed by atoms with Crippen LogP contribution in [0.15, 0.2) is 90.1 Å². The Morgan fingerprint density at radius 1 is 1.03 bits per heavy atom. The van der Waals surface area contributed by atoms with Gasteiger partial charge in [-0.05, 0) is 35.7 Å². The molecule has 0 saturated heterocycles. The Kier molecular flexibility index (Phi) is 8.53. The standard InChI is InChI=1S/C28H27BN4O5/c30-18-22-12-7-13-23(14-22)26(34)31-19-24-17-28(38-33-24,16-21-10-5-2-6-11-21)27(35)32-25(29(36)37)15-20-8-3-1-4-9-20/h1-14,25,36-37H,15-17,19H2,(H,31,34)(H,32,35)/t25-,28?/m0/s1. The predicted molar refractivity (Wildman–Crippen MR) is 142 cm³/mol. The second-order valence-electron chi connectivity index (χ2n) is 9.14. The Morgan fingerprint density at radius 3 is 2.37 bits per heavy atom. The zero-order valence-electron chi connectivity index (χ0n) is 20.6. The first-order valence-corrected chi connectivity index (χ1v) is 12.2. The fourth-order valence-corrected chi connectivity index (χ4v) is 4.28. The highest BCUT2D eigenvalue weighted by molar-refractivity contribution is 6.43. The van der Waals surface area contributed by atoms with Crippen molar-refractivity contribution < 1.29 is 24.5 Å². The van der Waals surface area contributed by atoms with Gasteiger partial charge in [-0.15, -0.1) is 0 Å². The Labute approximate surface area is 220 Å². The van der Waals surface area contributed by atoms with E-state index in [2.05, 4.69) is 15.8 Å². The van der Waals surface area contributed by atoms with Crippen molar-refractivity contribution in [1.29, 1.82) is 5.26 Å². The van der Waals surface area contributed by atoms with Crippen LogP contribution in [-0.4, -0.2) is 52.8 Å². The lowest BCUT2D eigenvalue weighted by molar-refractivity contribution is -0.144. The van der Waals surface area contributed by atoms with Gasteiger partial charge in [0.25, 0.3) is 11.8 Å². The molecule has 1 heterocycles. The van der Waals surface area contributed by atoms with Crippen LogP contribution in [0.5, 0.6) is 0 Å². The summed E-state index contributed by atoms with van der Waals surface area (Å²) in [6.07, 6.45) is 0.480. The molecule has 3 aromatic carbocycles. The molecule has 192 valence electrons. The van der Waals surface area contributed by atoms with E-state index in [-0.39, 0.29) is 31.7 Å². The van der Waals surface area contributed by atoms with Crippen LogP contribution in [0.1, 0.15) is 33.5 Å². The van der Waals surface area contributed by atoms with E-state index < -0.39 is 24.6 Å². The van der Waals surface area contributed by atoms with E-state index in [9.17, 15) is 19.6 Å². The second kappa shape index (κ2) is 12.2. The maximum absolute atomic E-state index is 13.6. The number of nitrogens with zero attached hydrogens (tertiary/aromatic N) is 2. The van der Waals surface area contributed by atoms with Gasteiger partial charge in [0.15, 0.2) is 0 Å². The molecular weight excluding hydrogens is 483 g/mol. The van der Waals surface area contributed by atoms with Crippen LogP contribution in [0.3, 0.4) is 0 Å². The summed E-state index contributed by atoms with van der Waals surface area (Å²) in [4.78, 5) is 31.9. The molecule has 0 spiro atoms. The van der Waals surface area contributed by atoms with Gasteiger partial charge in [-0.3, -0.25) is 9.59 Å². The molecule has 38 heavy (non-hydrogen) atoms. The Hall–Kier alpha value is -4.46. The third kappa shape index (κ3) is 6.65. The monoisotopic (exact) mass is 510 g/mol. The van der Waals surface area contributed by atoms with Gasteiger partial charge in [0.1, 0.15) is 0 Å². The topological polar surface area (TPSA) is 144 Å². The molecule has 4 rings (SSSR count). The predicted octanol–water partition coefficient (Wildman–Crippen LogP) is 1.79. The molecule has 0 bridgehead atoms. The highest BCUT2D eigenvalue weighted by Gasteiger charge is 2.48. The number of carbonyl (C=O) groups is 2. The smallest absolute Gasteiger partial charge is 0.426 e. The molecule has 4 N–H and O–H groups in total. The molecule has 10 heteroatoms. The van der Waals surface area contributed by atoms with Crippen molar-refractivity contribution in [3.63, 3.8) is 0 Å². The maximum Gasteiger partial charge on any atom is 0.475 e. The molecule has 1 aliphatic heterocycles. The highest BCUT2D eigenvalue weighted by atomic mass is 16.7. The zero-order chi connectivity index (χ0) is 27.0. The van der Waals surface area contributed by atoms with E-state index in [1.807, 2.05) is 66.7 Å². The van der Waals surface area contributed by atoms with Crippen LogP contribution in [0.2, 0.25) is 0 Å². The van der Waals surface area contributed by atoms with E-state index >= 15 is 0 Å². The van der Waals surface area contributed by atoms with Crippen molar-refractivity contribution in [3.8, 4) is 6.07 Å². The van der Waals surface area contributed by atoms with Crippen LogP contribution >= 0.6 is 0 Å². The van der Waals surface area contributed by atoms with Gasteiger partial charge in [-0.2, -0.15) is 5.26 Å². The lowest BCUT2D eigenvalue weighted by Gasteiger charge is -2.28. The number of benzene rings is 3. The summed E-state index contributed by atoms with van der Waals surface area (Å²) in [5.41, 5.74) is 1.37. The van der Waals surface area contributed by atoms with Crippen LogP contribution in [0.25, 0.3) is 0 Å². The van der Waals surface area contributed by atoms with Crippen molar-refractivity contribution in [2.24, 2.45) is 5.16 Å². The highest BCUT2D eigenvalue weighted by Crippen LogP contribution is 2.29. The Bertz CT molecular complexity index is 1340. The molecule has 1 aliphatic rings. The SMILES string of the molecule is N#Cc1cccc(C(=O)NCC2=NOC(Cc3ccccc3)(C(=O)N[C@@H](Cc3ccccc3)B(O)O)C2)c1. The van der Waals surface area contributed by atoms with Gasteiger partial charge in [-0.25, -0.2) is 0 Å². The van der Waals surface area contributed by atoms with E-state index in [0.717, 1.165) is 11.1 Å². The number of nitriles is 1. The molecule has 0 saturated carbocycles. The van der Waals surface area contributed by atoms with Gasteiger partial charge < -0.3 is 25.5 Å². The molecule has 0 aliphatic carbocycles.